The van der Waals surface area contributed by atoms with Crippen LogP contribution in [0.1, 0.15) is 16.1 Å². The third-order valence-electron chi connectivity index (χ3n) is 3.36. The minimum Gasteiger partial charge on any atom is -0.493 e. The second-order valence-electron chi connectivity index (χ2n) is 4.87. The molecular weight excluding hydrogens is 344 g/mol. The van der Waals surface area contributed by atoms with E-state index in [9.17, 15) is 4.79 Å². The van der Waals surface area contributed by atoms with Crippen molar-refractivity contribution < 1.29 is 14.3 Å². The van der Waals surface area contributed by atoms with E-state index in [0.717, 1.165) is 15.6 Å². The highest BCUT2D eigenvalue weighted by Gasteiger charge is 2.12. The van der Waals surface area contributed by atoms with Gasteiger partial charge in [0.2, 0.25) is 0 Å². The summed E-state index contributed by atoms with van der Waals surface area (Å²) in [5.74, 6) is 0.939. The summed E-state index contributed by atoms with van der Waals surface area (Å²) in [6.07, 6.45) is 0. The van der Waals surface area contributed by atoms with Gasteiger partial charge in [-0.05, 0) is 29.6 Å². The summed E-state index contributed by atoms with van der Waals surface area (Å²) in [6.45, 7) is 0.384. The first-order valence-corrected chi connectivity index (χ1v) is 8.95. The second-order valence-corrected chi connectivity index (χ2v) is 6.68. The number of benzene rings is 1. The van der Waals surface area contributed by atoms with Crippen LogP contribution in [0.25, 0.3) is 9.88 Å². The van der Waals surface area contributed by atoms with E-state index in [1.165, 1.54) is 0 Å². The van der Waals surface area contributed by atoms with Crippen LogP contribution < -0.4 is 14.8 Å². The molecule has 0 bridgehead atoms. The van der Waals surface area contributed by atoms with Crippen LogP contribution >= 0.6 is 22.7 Å². The molecule has 3 rings (SSSR count). The molecule has 24 heavy (non-hydrogen) atoms. The van der Waals surface area contributed by atoms with E-state index in [2.05, 4.69) is 10.3 Å². The van der Waals surface area contributed by atoms with Gasteiger partial charge >= 0.3 is 0 Å². The number of carbonyl (C=O) groups is 1. The van der Waals surface area contributed by atoms with Crippen LogP contribution in [0.4, 0.5) is 0 Å². The lowest BCUT2D eigenvalue weighted by atomic mass is 10.2. The number of thiazole rings is 1. The molecular formula is C17H16N2O3S2. The number of hydrogen-bond donors (Lipinski definition) is 1. The zero-order valence-corrected chi connectivity index (χ0v) is 14.9. The van der Waals surface area contributed by atoms with Gasteiger partial charge in [-0.2, -0.15) is 0 Å². The molecule has 0 spiro atoms. The molecule has 0 aliphatic carbocycles. The van der Waals surface area contributed by atoms with E-state index >= 15 is 0 Å². The molecule has 0 fully saturated rings. The quantitative estimate of drug-likeness (QED) is 0.726. The Balaban J connectivity index is 1.65. The monoisotopic (exact) mass is 360 g/mol. The number of aromatic nitrogens is 1. The summed E-state index contributed by atoms with van der Waals surface area (Å²) < 4.78 is 10.4. The predicted octanol–water partition coefficient (Wildman–Crippen LogP) is 3.82. The third kappa shape index (κ3) is 3.58. The first-order valence-electron chi connectivity index (χ1n) is 7.19. The van der Waals surface area contributed by atoms with E-state index in [0.29, 0.717) is 23.6 Å². The van der Waals surface area contributed by atoms with Crippen molar-refractivity contribution in [2.45, 2.75) is 6.54 Å². The summed E-state index contributed by atoms with van der Waals surface area (Å²) in [5.41, 5.74) is 1.36. The van der Waals surface area contributed by atoms with Gasteiger partial charge in [0.25, 0.3) is 5.91 Å². The molecule has 1 N–H and O–H groups in total. The van der Waals surface area contributed by atoms with E-state index in [-0.39, 0.29) is 5.91 Å². The number of nitrogens with one attached hydrogen (secondary N) is 1. The minimum atomic E-state index is -0.179. The van der Waals surface area contributed by atoms with Gasteiger partial charge in [-0.25, -0.2) is 4.98 Å². The number of carbonyl (C=O) groups excluding carboxylic acids is 1. The topological polar surface area (TPSA) is 60.5 Å². The number of nitrogens with zero attached hydrogens (tertiary/aromatic N) is 1. The average molecular weight is 360 g/mol. The molecule has 0 radical (unpaired) electrons. The van der Waals surface area contributed by atoms with E-state index in [4.69, 9.17) is 9.47 Å². The lowest BCUT2D eigenvalue weighted by molar-refractivity contribution is 0.0950. The van der Waals surface area contributed by atoms with Crippen molar-refractivity contribution in [2.75, 3.05) is 14.2 Å². The smallest absolute Gasteiger partial charge is 0.251 e. The molecule has 124 valence electrons. The maximum Gasteiger partial charge on any atom is 0.251 e. The average Bonchev–Trinajstić information content (AvgIpc) is 3.30. The molecule has 2 heterocycles. The largest absolute Gasteiger partial charge is 0.493 e. The fourth-order valence-corrected chi connectivity index (χ4v) is 3.79. The van der Waals surface area contributed by atoms with Crippen molar-refractivity contribution in [1.29, 1.82) is 0 Å². The summed E-state index contributed by atoms with van der Waals surface area (Å²) in [6, 6.07) is 9.11. The Labute approximate surface area is 147 Å². The van der Waals surface area contributed by atoms with Crippen molar-refractivity contribution >= 4 is 28.6 Å². The molecule has 3 aromatic rings. The van der Waals surface area contributed by atoms with Crippen LogP contribution in [0.2, 0.25) is 0 Å². The predicted molar refractivity (Wildman–Crippen MR) is 96.1 cm³/mol. The molecule has 0 aliphatic heterocycles. The standard InChI is InChI=1S/C17H16N2O3S2/c1-21-13-6-5-11(8-14(13)22-2)16(20)18-9-12-10-24-17(19-12)15-4-3-7-23-15/h3-8,10H,9H2,1-2H3,(H,18,20). The van der Waals surface area contributed by atoms with Crippen molar-refractivity contribution in [3.05, 3.63) is 52.3 Å². The maximum absolute atomic E-state index is 12.3. The van der Waals surface area contributed by atoms with Crippen LogP contribution in [0, 0.1) is 0 Å². The molecule has 1 amide bonds. The molecule has 0 aliphatic rings. The van der Waals surface area contributed by atoms with Gasteiger partial charge in [-0.15, -0.1) is 22.7 Å². The first kappa shape index (κ1) is 16.5. The molecule has 1 aromatic carbocycles. The Morgan fingerprint density at radius 2 is 2.00 bits per heavy atom. The van der Waals surface area contributed by atoms with Gasteiger partial charge in [-0.1, -0.05) is 6.07 Å². The third-order valence-corrected chi connectivity index (χ3v) is 5.29. The van der Waals surface area contributed by atoms with Crippen LogP contribution in [0.3, 0.4) is 0 Å². The van der Waals surface area contributed by atoms with E-state index in [1.54, 1.807) is 55.1 Å². The molecule has 2 aromatic heterocycles. The number of ether oxygens (including phenoxy) is 2. The Morgan fingerprint density at radius 3 is 2.71 bits per heavy atom. The van der Waals surface area contributed by atoms with E-state index < -0.39 is 0 Å². The van der Waals surface area contributed by atoms with Crippen molar-refractivity contribution in [3.8, 4) is 21.4 Å². The van der Waals surface area contributed by atoms with Crippen LogP contribution in [0.5, 0.6) is 11.5 Å². The number of thiophene rings is 1. The Morgan fingerprint density at radius 1 is 1.17 bits per heavy atom. The first-order chi connectivity index (χ1) is 11.7. The molecule has 0 unspecified atom stereocenters. The van der Waals surface area contributed by atoms with Gasteiger partial charge in [-0.3, -0.25) is 4.79 Å². The maximum atomic E-state index is 12.3. The van der Waals surface area contributed by atoms with E-state index in [1.807, 2.05) is 22.9 Å². The van der Waals surface area contributed by atoms with Crippen LogP contribution in [-0.4, -0.2) is 25.1 Å². The fourth-order valence-electron chi connectivity index (χ4n) is 2.15. The highest BCUT2D eigenvalue weighted by molar-refractivity contribution is 7.20. The molecule has 0 atom stereocenters. The Kier molecular flexibility index (Phi) is 5.12. The fraction of sp³-hybridized carbons (Fsp3) is 0.176. The van der Waals surface area contributed by atoms with Gasteiger partial charge in [0.1, 0.15) is 5.01 Å². The number of hydrogen-bond acceptors (Lipinski definition) is 6. The highest BCUT2D eigenvalue weighted by Crippen LogP contribution is 2.28. The lowest BCUT2D eigenvalue weighted by Gasteiger charge is -2.09. The zero-order valence-electron chi connectivity index (χ0n) is 13.2. The SMILES string of the molecule is COc1ccc(C(=O)NCc2csc(-c3cccs3)n2)cc1OC. The second kappa shape index (κ2) is 7.46. The molecule has 7 heteroatoms. The summed E-state index contributed by atoms with van der Waals surface area (Å²) in [5, 5.41) is 7.83. The number of rotatable bonds is 6. The summed E-state index contributed by atoms with van der Waals surface area (Å²) in [4.78, 5) is 18.0. The Bertz CT molecular complexity index is 828. The van der Waals surface area contributed by atoms with Crippen LogP contribution in [0.15, 0.2) is 41.1 Å². The molecule has 0 saturated carbocycles. The van der Waals surface area contributed by atoms with Gasteiger partial charge in [0.05, 0.1) is 31.3 Å². The van der Waals surface area contributed by atoms with Crippen molar-refractivity contribution in [3.63, 3.8) is 0 Å². The lowest BCUT2D eigenvalue weighted by Crippen LogP contribution is -2.23. The van der Waals surface area contributed by atoms with Crippen molar-refractivity contribution in [1.82, 2.24) is 10.3 Å². The highest BCUT2D eigenvalue weighted by atomic mass is 32.1. The van der Waals surface area contributed by atoms with Gasteiger partial charge in [0, 0.05) is 10.9 Å². The minimum absolute atomic E-state index is 0.179. The van der Waals surface area contributed by atoms with Gasteiger partial charge in [0.15, 0.2) is 11.5 Å². The molecule has 5 nitrogen and oxygen atoms in total. The summed E-state index contributed by atoms with van der Waals surface area (Å²) >= 11 is 3.23. The number of methoxy groups -OCH3 is 2. The zero-order chi connectivity index (χ0) is 16.9. The van der Waals surface area contributed by atoms with Crippen LogP contribution in [-0.2, 0) is 6.54 Å². The molecule has 0 saturated heterocycles. The van der Waals surface area contributed by atoms with Crippen molar-refractivity contribution in [2.24, 2.45) is 0 Å². The van der Waals surface area contributed by atoms with Gasteiger partial charge < -0.3 is 14.8 Å². The Hall–Kier alpha value is -2.38. The normalized spacial score (nSPS) is 10.4. The number of amides is 1. The summed E-state index contributed by atoms with van der Waals surface area (Å²) in [7, 11) is 3.10.